The SMILES string of the molecule is C[C@@H](NCC1CN(C(=O)Nc2ccc(C(=O)O)cc2Cl)CCC1c1ccccc1)c1cccc2ccccc12. The van der Waals surface area contributed by atoms with Crippen LogP contribution in [0.5, 0.6) is 0 Å². The molecule has 7 heteroatoms. The summed E-state index contributed by atoms with van der Waals surface area (Å²) in [7, 11) is 0. The van der Waals surface area contributed by atoms with Crippen molar-refractivity contribution in [2.45, 2.75) is 25.3 Å². The van der Waals surface area contributed by atoms with E-state index in [1.807, 2.05) is 11.0 Å². The molecule has 4 aromatic carbocycles. The molecule has 1 saturated heterocycles. The third-order valence-electron chi connectivity index (χ3n) is 7.68. The number of aromatic carboxylic acids is 1. The molecule has 0 saturated carbocycles. The van der Waals surface area contributed by atoms with E-state index in [1.165, 1.54) is 40.1 Å². The Morgan fingerprint density at radius 3 is 2.51 bits per heavy atom. The highest BCUT2D eigenvalue weighted by molar-refractivity contribution is 6.34. The van der Waals surface area contributed by atoms with Crippen LogP contribution in [0, 0.1) is 5.92 Å². The average Bonchev–Trinajstić information content (AvgIpc) is 2.96. The molecule has 1 heterocycles. The summed E-state index contributed by atoms with van der Waals surface area (Å²) < 4.78 is 0. The van der Waals surface area contributed by atoms with Crippen molar-refractivity contribution in [2.75, 3.05) is 25.0 Å². The highest BCUT2D eigenvalue weighted by Crippen LogP contribution is 2.34. The second-order valence-electron chi connectivity index (χ2n) is 10.1. The van der Waals surface area contributed by atoms with Gasteiger partial charge in [-0.15, -0.1) is 0 Å². The molecule has 6 nitrogen and oxygen atoms in total. The number of nitrogens with one attached hydrogen (secondary N) is 2. The van der Waals surface area contributed by atoms with E-state index in [4.69, 9.17) is 11.6 Å². The Hall–Kier alpha value is -3.87. The van der Waals surface area contributed by atoms with Crippen LogP contribution >= 0.6 is 11.6 Å². The summed E-state index contributed by atoms with van der Waals surface area (Å²) in [6, 6.07) is 29.6. The maximum Gasteiger partial charge on any atom is 0.335 e. The van der Waals surface area contributed by atoms with Gasteiger partial charge in [-0.1, -0.05) is 84.4 Å². The number of piperidine rings is 1. The normalized spacial score (nSPS) is 18.1. The van der Waals surface area contributed by atoms with E-state index in [0.29, 0.717) is 24.7 Å². The summed E-state index contributed by atoms with van der Waals surface area (Å²) in [5.74, 6) is -0.541. The number of benzene rings is 4. The van der Waals surface area contributed by atoms with Crippen LogP contribution in [-0.4, -0.2) is 41.6 Å². The number of carboxylic acid groups (broad SMARTS) is 1. The second-order valence-corrected chi connectivity index (χ2v) is 10.5. The molecule has 2 amide bonds. The van der Waals surface area contributed by atoms with Gasteiger partial charge in [-0.2, -0.15) is 0 Å². The number of likely N-dealkylation sites (tertiary alicyclic amines) is 1. The predicted octanol–water partition coefficient (Wildman–Crippen LogP) is 7.18. The molecule has 1 fully saturated rings. The molecule has 0 radical (unpaired) electrons. The number of anilines is 1. The van der Waals surface area contributed by atoms with Gasteiger partial charge in [-0.3, -0.25) is 0 Å². The van der Waals surface area contributed by atoms with Crippen LogP contribution in [-0.2, 0) is 0 Å². The monoisotopic (exact) mass is 541 g/mol. The molecule has 1 aliphatic heterocycles. The topological polar surface area (TPSA) is 81.7 Å². The Morgan fingerprint density at radius 1 is 1.00 bits per heavy atom. The van der Waals surface area contributed by atoms with Gasteiger partial charge < -0.3 is 20.6 Å². The molecule has 4 aromatic rings. The zero-order chi connectivity index (χ0) is 27.4. The van der Waals surface area contributed by atoms with Gasteiger partial charge in [0.2, 0.25) is 0 Å². The number of amides is 2. The number of nitrogens with zero attached hydrogens (tertiary/aromatic N) is 1. The number of carbonyl (C=O) groups excluding carboxylic acids is 1. The molecule has 0 bridgehead atoms. The molecule has 1 aliphatic rings. The smallest absolute Gasteiger partial charge is 0.335 e. The average molecular weight is 542 g/mol. The lowest BCUT2D eigenvalue weighted by Crippen LogP contribution is -2.47. The number of carboxylic acids is 1. The maximum absolute atomic E-state index is 13.3. The Morgan fingerprint density at radius 2 is 1.74 bits per heavy atom. The molecule has 3 N–H and O–H groups in total. The van der Waals surface area contributed by atoms with E-state index in [-0.39, 0.29) is 28.6 Å². The van der Waals surface area contributed by atoms with Crippen LogP contribution in [0.25, 0.3) is 10.8 Å². The maximum atomic E-state index is 13.3. The van der Waals surface area contributed by atoms with Crippen molar-refractivity contribution < 1.29 is 14.7 Å². The van der Waals surface area contributed by atoms with E-state index >= 15 is 0 Å². The quantitative estimate of drug-likeness (QED) is 0.231. The number of carbonyl (C=O) groups is 2. The number of hydrogen-bond donors (Lipinski definition) is 3. The van der Waals surface area contributed by atoms with Crippen molar-refractivity contribution in [1.29, 1.82) is 0 Å². The lowest BCUT2D eigenvalue weighted by molar-refractivity contribution is 0.0697. The lowest BCUT2D eigenvalue weighted by Gasteiger charge is -2.39. The molecule has 2 unspecified atom stereocenters. The summed E-state index contributed by atoms with van der Waals surface area (Å²) in [6.07, 6.45) is 0.845. The minimum atomic E-state index is -1.06. The highest BCUT2D eigenvalue weighted by atomic mass is 35.5. The van der Waals surface area contributed by atoms with Crippen LogP contribution < -0.4 is 10.6 Å². The fourth-order valence-corrected chi connectivity index (χ4v) is 5.80. The minimum absolute atomic E-state index is 0.0770. The summed E-state index contributed by atoms with van der Waals surface area (Å²) in [5, 5.41) is 18.5. The Balaban J connectivity index is 1.31. The lowest BCUT2D eigenvalue weighted by atomic mass is 9.80. The van der Waals surface area contributed by atoms with Gasteiger partial charge in [0.1, 0.15) is 0 Å². The number of fused-ring (bicyclic) bond motifs is 1. The molecule has 200 valence electrons. The van der Waals surface area contributed by atoms with Gasteiger partial charge in [-0.25, -0.2) is 9.59 Å². The number of halogens is 1. The summed E-state index contributed by atoms with van der Waals surface area (Å²) in [5.41, 5.74) is 3.02. The van der Waals surface area contributed by atoms with E-state index in [9.17, 15) is 14.7 Å². The van der Waals surface area contributed by atoms with E-state index in [1.54, 1.807) is 0 Å². The molecule has 0 spiro atoms. The standard InChI is InChI=1S/C32H32ClN3O3/c1-21(26-13-7-11-23-10-5-6-12-28(23)26)34-19-25-20-36(17-16-27(25)22-8-3-2-4-9-22)32(39)35-30-15-14-24(31(37)38)18-29(30)33/h2-15,18,21,25,27,34H,16-17,19-20H2,1H3,(H,35,39)(H,37,38)/t21-,25?,27?/m1/s1. The Labute approximate surface area is 233 Å². The largest absolute Gasteiger partial charge is 0.478 e. The molecule has 5 rings (SSSR count). The van der Waals surface area contributed by atoms with Crippen molar-refractivity contribution in [2.24, 2.45) is 5.92 Å². The van der Waals surface area contributed by atoms with E-state index in [0.717, 1.165) is 13.0 Å². The fourth-order valence-electron chi connectivity index (χ4n) is 5.57. The summed E-state index contributed by atoms with van der Waals surface area (Å²) in [6.45, 7) is 4.15. The number of hydrogen-bond acceptors (Lipinski definition) is 3. The second kappa shape index (κ2) is 11.9. The first-order valence-electron chi connectivity index (χ1n) is 13.3. The first-order valence-corrected chi connectivity index (χ1v) is 13.6. The molecular weight excluding hydrogens is 510 g/mol. The van der Waals surface area contributed by atoms with Crippen molar-refractivity contribution in [3.05, 3.63) is 113 Å². The third kappa shape index (κ3) is 6.08. The molecule has 3 atom stereocenters. The van der Waals surface area contributed by atoms with Crippen LogP contribution in [0.3, 0.4) is 0 Å². The van der Waals surface area contributed by atoms with Crippen molar-refractivity contribution >= 4 is 40.1 Å². The first-order chi connectivity index (χ1) is 18.9. The van der Waals surface area contributed by atoms with Gasteiger partial charge in [-0.05, 0) is 65.3 Å². The van der Waals surface area contributed by atoms with Gasteiger partial charge in [0.15, 0.2) is 0 Å². The van der Waals surface area contributed by atoms with Crippen molar-refractivity contribution in [1.82, 2.24) is 10.2 Å². The van der Waals surface area contributed by atoms with Gasteiger partial charge >= 0.3 is 12.0 Å². The summed E-state index contributed by atoms with van der Waals surface area (Å²) >= 11 is 6.27. The zero-order valence-electron chi connectivity index (χ0n) is 21.8. The summed E-state index contributed by atoms with van der Waals surface area (Å²) in [4.78, 5) is 26.3. The van der Waals surface area contributed by atoms with Gasteiger partial charge in [0, 0.05) is 25.7 Å². The van der Waals surface area contributed by atoms with E-state index in [2.05, 4.69) is 84.3 Å². The fraction of sp³-hybridized carbons (Fsp3) is 0.250. The first kappa shape index (κ1) is 26.7. The highest BCUT2D eigenvalue weighted by Gasteiger charge is 2.33. The minimum Gasteiger partial charge on any atom is -0.478 e. The molecular formula is C32H32ClN3O3. The molecule has 0 aromatic heterocycles. The van der Waals surface area contributed by atoms with E-state index < -0.39 is 5.97 Å². The van der Waals surface area contributed by atoms with Gasteiger partial charge in [0.25, 0.3) is 0 Å². The number of rotatable bonds is 7. The number of urea groups is 1. The van der Waals surface area contributed by atoms with Crippen LogP contribution in [0.4, 0.5) is 10.5 Å². The predicted molar refractivity (Wildman–Crippen MR) is 157 cm³/mol. The molecule has 0 aliphatic carbocycles. The Kier molecular flexibility index (Phi) is 8.15. The zero-order valence-corrected chi connectivity index (χ0v) is 22.6. The third-order valence-corrected chi connectivity index (χ3v) is 8.00. The van der Waals surface area contributed by atoms with Crippen LogP contribution in [0.15, 0.2) is 91.0 Å². The van der Waals surface area contributed by atoms with Gasteiger partial charge in [0.05, 0.1) is 16.3 Å². The van der Waals surface area contributed by atoms with Crippen LogP contribution in [0.2, 0.25) is 5.02 Å². The van der Waals surface area contributed by atoms with Crippen molar-refractivity contribution in [3.63, 3.8) is 0 Å². The van der Waals surface area contributed by atoms with Crippen molar-refractivity contribution in [3.8, 4) is 0 Å². The molecule has 39 heavy (non-hydrogen) atoms. The van der Waals surface area contributed by atoms with Crippen LogP contribution in [0.1, 0.15) is 46.8 Å². The Bertz CT molecular complexity index is 1470.